The Bertz CT molecular complexity index is 426. The molecule has 1 aromatic carbocycles. The first-order valence-corrected chi connectivity index (χ1v) is 3.90. The van der Waals surface area contributed by atoms with Crippen LogP contribution in [0.4, 0.5) is 17.6 Å². The topological polar surface area (TPSA) is 48.8 Å². The molecule has 7 heteroatoms. The summed E-state index contributed by atoms with van der Waals surface area (Å²) in [5, 5.41) is 3.07. The maximum absolute atomic E-state index is 13.0. The average molecular weight is 219 g/mol. The molecule has 0 unspecified atom stereocenters. The SMILES string of the molecule is [N-]=[N+]=NCCc1cc(F)c(F)c(F)c1F. The molecule has 0 radical (unpaired) electrons. The third kappa shape index (κ3) is 2.38. The maximum Gasteiger partial charge on any atom is 0.197 e. The summed E-state index contributed by atoms with van der Waals surface area (Å²) in [5.41, 5.74) is 7.56. The molecule has 0 atom stereocenters. The molecule has 0 N–H and O–H groups in total. The standard InChI is InChI=1S/C8H5F4N3/c9-5-3-4(1-2-14-15-13)6(10)8(12)7(5)11/h3H,1-2H2. The Balaban J connectivity index is 3.03. The van der Waals surface area contributed by atoms with Crippen molar-refractivity contribution in [2.45, 2.75) is 6.42 Å². The molecule has 15 heavy (non-hydrogen) atoms. The largest absolute Gasteiger partial charge is 0.204 e. The molecular formula is C8H5F4N3. The van der Waals surface area contributed by atoms with E-state index in [9.17, 15) is 17.6 Å². The van der Waals surface area contributed by atoms with E-state index in [0.717, 1.165) is 0 Å². The minimum atomic E-state index is -1.86. The van der Waals surface area contributed by atoms with Gasteiger partial charge in [-0.1, -0.05) is 5.11 Å². The third-order valence-electron chi connectivity index (χ3n) is 1.72. The van der Waals surface area contributed by atoms with Gasteiger partial charge in [0.25, 0.3) is 0 Å². The van der Waals surface area contributed by atoms with Crippen LogP contribution >= 0.6 is 0 Å². The number of hydrogen-bond acceptors (Lipinski definition) is 1. The highest BCUT2D eigenvalue weighted by atomic mass is 19.2. The highest BCUT2D eigenvalue weighted by Gasteiger charge is 2.17. The number of rotatable bonds is 3. The minimum Gasteiger partial charge on any atom is -0.204 e. The van der Waals surface area contributed by atoms with Gasteiger partial charge in [-0.25, -0.2) is 17.6 Å². The van der Waals surface area contributed by atoms with Crippen LogP contribution in [0.1, 0.15) is 5.56 Å². The van der Waals surface area contributed by atoms with E-state index in [1.807, 2.05) is 0 Å². The van der Waals surface area contributed by atoms with Crippen LogP contribution in [0, 0.1) is 23.3 Å². The molecule has 0 aliphatic rings. The van der Waals surface area contributed by atoms with Gasteiger partial charge in [0.05, 0.1) is 0 Å². The Hall–Kier alpha value is -1.75. The van der Waals surface area contributed by atoms with E-state index in [1.165, 1.54) is 0 Å². The molecule has 0 spiro atoms. The van der Waals surface area contributed by atoms with Gasteiger partial charge in [0, 0.05) is 11.5 Å². The lowest BCUT2D eigenvalue weighted by Gasteiger charge is -2.03. The lowest BCUT2D eigenvalue weighted by molar-refractivity contribution is 0.404. The second-order valence-corrected chi connectivity index (χ2v) is 2.66. The predicted molar refractivity (Wildman–Crippen MR) is 44.0 cm³/mol. The van der Waals surface area contributed by atoms with Gasteiger partial charge in [0.1, 0.15) is 0 Å². The number of nitrogens with zero attached hydrogens (tertiary/aromatic N) is 3. The molecule has 0 saturated carbocycles. The summed E-state index contributed by atoms with van der Waals surface area (Å²) < 4.78 is 50.8. The number of hydrogen-bond donors (Lipinski definition) is 0. The van der Waals surface area contributed by atoms with Gasteiger partial charge in [-0.15, -0.1) is 0 Å². The van der Waals surface area contributed by atoms with Gasteiger partial charge in [0.15, 0.2) is 23.3 Å². The Morgan fingerprint density at radius 3 is 2.40 bits per heavy atom. The first kappa shape index (κ1) is 11.3. The predicted octanol–water partition coefficient (Wildman–Crippen LogP) is 3.10. The van der Waals surface area contributed by atoms with E-state index in [4.69, 9.17) is 5.53 Å². The van der Waals surface area contributed by atoms with Crippen LogP contribution in [-0.4, -0.2) is 6.54 Å². The van der Waals surface area contributed by atoms with Crippen LogP contribution in [-0.2, 0) is 6.42 Å². The van der Waals surface area contributed by atoms with Crippen molar-refractivity contribution in [3.05, 3.63) is 45.3 Å². The fourth-order valence-corrected chi connectivity index (χ4v) is 1.02. The van der Waals surface area contributed by atoms with Crippen LogP contribution in [0.15, 0.2) is 11.2 Å². The molecule has 0 amide bonds. The van der Waals surface area contributed by atoms with Gasteiger partial charge in [0.2, 0.25) is 0 Å². The average Bonchev–Trinajstić information content (AvgIpc) is 2.23. The van der Waals surface area contributed by atoms with E-state index in [1.54, 1.807) is 0 Å². The zero-order chi connectivity index (χ0) is 11.4. The van der Waals surface area contributed by atoms with E-state index in [-0.39, 0.29) is 18.5 Å². The Kier molecular flexibility index (Phi) is 3.51. The minimum absolute atomic E-state index is 0.155. The van der Waals surface area contributed by atoms with Crippen molar-refractivity contribution in [3.63, 3.8) is 0 Å². The van der Waals surface area contributed by atoms with E-state index in [2.05, 4.69) is 10.0 Å². The van der Waals surface area contributed by atoms with Crippen molar-refractivity contribution in [1.29, 1.82) is 0 Å². The second-order valence-electron chi connectivity index (χ2n) is 2.66. The fraction of sp³-hybridized carbons (Fsp3) is 0.250. The maximum atomic E-state index is 13.0. The zero-order valence-corrected chi connectivity index (χ0v) is 7.35. The highest BCUT2D eigenvalue weighted by molar-refractivity contribution is 5.22. The summed E-state index contributed by atoms with van der Waals surface area (Å²) >= 11 is 0. The van der Waals surface area contributed by atoms with Gasteiger partial charge >= 0.3 is 0 Å². The van der Waals surface area contributed by atoms with Crippen LogP contribution < -0.4 is 0 Å². The van der Waals surface area contributed by atoms with E-state index in [0.29, 0.717) is 6.07 Å². The summed E-state index contributed by atoms with van der Waals surface area (Å²) in [4.78, 5) is 2.38. The van der Waals surface area contributed by atoms with Gasteiger partial charge in [-0.05, 0) is 23.6 Å². The number of halogens is 4. The molecule has 0 bridgehead atoms. The van der Waals surface area contributed by atoms with E-state index >= 15 is 0 Å². The summed E-state index contributed by atoms with van der Waals surface area (Å²) in [7, 11) is 0. The van der Waals surface area contributed by atoms with Gasteiger partial charge in [-0.3, -0.25) is 0 Å². The Morgan fingerprint density at radius 1 is 1.13 bits per heavy atom. The molecule has 1 rings (SSSR count). The number of benzene rings is 1. The monoisotopic (exact) mass is 219 g/mol. The summed E-state index contributed by atoms with van der Waals surface area (Å²) in [6.07, 6.45) is -0.190. The summed E-state index contributed by atoms with van der Waals surface area (Å²) in [5.74, 6) is -6.63. The van der Waals surface area contributed by atoms with Gasteiger partial charge < -0.3 is 0 Å². The van der Waals surface area contributed by atoms with E-state index < -0.39 is 23.3 Å². The molecule has 0 aromatic heterocycles. The zero-order valence-electron chi connectivity index (χ0n) is 7.35. The lowest BCUT2D eigenvalue weighted by Crippen LogP contribution is -2.02. The molecule has 0 fully saturated rings. The van der Waals surface area contributed by atoms with Crippen LogP contribution in [0.25, 0.3) is 10.4 Å². The quantitative estimate of drug-likeness (QED) is 0.187. The van der Waals surface area contributed by atoms with Crippen molar-refractivity contribution < 1.29 is 17.6 Å². The molecule has 1 aromatic rings. The summed E-state index contributed by atoms with van der Waals surface area (Å²) in [6, 6.07) is 0.542. The van der Waals surface area contributed by atoms with Crippen molar-refractivity contribution in [1.82, 2.24) is 0 Å². The molecule has 0 heterocycles. The van der Waals surface area contributed by atoms with Crippen molar-refractivity contribution in [2.24, 2.45) is 5.11 Å². The molecule has 0 aliphatic heterocycles. The highest BCUT2D eigenvalue weighted by Crippen LogP contribution is 2.18. The first-order chi connectivity index (χ1) is 7.07. The summed E-state index contributed by atoms with van der Waals surface area (Å²) in [6.45, 7) is -0.155. The van der Waals surface area contributed by atoms with Crippen LogP contribution in [0.3, 0.4) is 0 Å². The Labute approximate surface area is 82.0 Å². The van der Waals surface area contributed by atoms with Crippen LogP contribution in [0.5, 0.6) is 0 Å². The molecule has 0 saturated heterocycles. The molecule has 3 nitrogen and oxygen atoms in total. The third-order valence-corrected chi connectivity index (χ3v) is 1.72. The van der Waals surface area contributed by atoms with Crippen LogP contribution in [0.2, 0.25) is 0 Å². The second kappa shape index (κ2) is 4.65. The molecule has 0 aliphatic carbocycles. The molecular weight excluding hydrogens is 214 g/mol. The Morgan fingerprint density at radius 2 is 1.80 bits per heavy atom. The smallest absolute Gasteiger partial charge is 0.197 e. The normalized spacial score (nSPS) is 9.87. The fourth-order valence-electron chi connectivity index (χ4n) is 1.02. The van der Waals surface area contributed by atoms with Gasteiger partial charge in [-0.2, -0.15) is 0 Å². The lowest BCUT2D eigenvalue weighted by atomic mass is 10.1. The van der Waals surface area contributed by atoms with Crippen molar-refractivity contribution in [3.8, 4) is 0 Å². The number of azide groups is 1. The van der Waals surface area contributed by atoms with Crippen molar-refractivity contribution >= 4 is 0 Å². The first-order valence-electron chi connectivity index (χ1n) is 3.90. The van der Waals surface area contributed by atoms with Crippen molar-refractivity contribution in [2.75, 3.05) is 6.54 Å². The molecule has 80 valence electrons.